The van der Waals surface area contributed by atoms with Gasteiger partial charge in [-0.2, -0.15) is 0 Å². The lowest BCUT2D eigenvalue weighted by molar-refractivity contribution is 0.0833. The largest absolute Gasteiger partial charge is 0.504 e. The summed E-state index contributed by atoms with van der Waals surface area (Å²) in [6.07, 6.45) is 2.58. The van der Waals surface area contributed by atoms with Crippen LogP contribution >= 0.6 is 0 Å². The molecular formula is C21H24O4. The Bertz CT molecular complexity index is 867. The van der Waals surface area contributed by atoms with Gasteiger partial charge in [-0.1, -0.05) is 6.07 Å². The normalized spacial score (nSPS) is 20.4. The molecule has 2 heterocycles. The Morgan fingerprint density at radius 2 is 1.72 bits per heavy atom. The van der Waals surface area contributed by atoms with Crippen LogP contribution in [0, 0.1) is 13.8 Å². The summed E-state index contributed by atoms with van der Waals surface area (Å²) >= 11 is 0. The molecule has 2 aliphatic rings. The van der Waals surface area contributed by atoms with Crippen molar-refractivity contribution in [3.63, 3.8) is 0 Å². The summed E-state index contributed by atoms with van der Waals surface area (Å²) in [5.41, 5.74) is 5.50. The zero-order valence-electron chi connectivity index (χ0n) is 15.1. The minimum Gasteiger partial charge on any atom is -0.504 e. The van der Waals surface area contributed by atoms with Crippen molar-refractivity contribution >= 4 is 0 Å². The number of fused-ring (bicyclic) bond motifs is 3. The van der Waals surface area contributed by atoms with Gasteiger partial charge in [0.2, 0.25) is 0 Å². The lowest BCUT2D eigenvalue weighted by Gasteiger charge is -2.35. The van der Waals surface area contributed by atoms with Crippen molar-refractivity contribution < 1.29 is 19.7 Å². The second kappa shape index (κ2) is 5.32. The smallest absolute Gasteiger partial charge is 0.157 e. The van der Waals surface area contributed by atoms with Gasteiger partial charge in [-0.05, 0) is 69.4 Å². The zero-order chi connectivity index (χ0) is 17.9. The van der Waals surface area contributed by atoms with Crippen molar-refractivity contribution in [1.82, 2.24) is 0 Å². The average molecular weight is 340 g/mol. The minimum absolute atomic E-state index is 0.112. The number of benzene rings is 2. The van der Waals surface area contributed by atoms with Gasteiger partial charge in [-0.25, -0.2) is 0 Å². The lowest BCUT2D eigenvalue weighted by Crippen LogP contribution is -2.33. The third kappa shape index (κ3) is 2.51. The van der Waals surface area contributed by atoms with E-state index in [1.165, 1.54) is 17.2 Å². The molecular weight excluding hydrogens is 316 g/mol. The molecule has 2 aromatic rings. The zero-order valence-corrected chi connectivity index (χ0v) is 15.1. The van der Waals surface area contributed by atoms with Crippen LogP contribution in [-0.4, -0.2) is 15.8 Å². The fourth-order valence-electron chi connectivity index (χ4n) is 3.89. The Morgan fingerprint density at radius 3 is 2.44 bits per heavy atom. The molecule has 0 bridgehead atoms. The summed E-state index contributed by atoms with van der Waals surface area (Å²) in [6.45, 7) is 8.45. The van der Waals surface area contributed by atoms with E-state index in [1.54, 1.807) is 12.1 Å². The van der Waals surface area contributed by atoms with E-state index >= 15 is 0 Å². The van der Waals surface area contributed by atoms with Crippen LogP contribution in [0.3, 0.4) is 0 Å². The Balaban J connectivity index is 1.77. The molecule has 1 unspecified atom stereocenters. The first-order valence-corrected chi connectivity index (χ1v) is 8.79. The molecule has 0 aliphatic carbocycles. The Hall–Kier alpha value is -2.36. The number of aromatic hydroxyl groups is 2. The van der Waals surface area contributed by atoms with Crippen molar-refractivity contribution in [3.8, 4) is 23.0 Å². The van der Waals surface area contributed by atoms with Gasteiger partial charge in [0.25, 0.3) is 0 Å². The van der Waals surface area contributed by atoms with Gasteiger partial charge in [0, 0.05) is 17.5 Å². The van der Waals surface area contributed by atoms with E-state index in [0.29, 0.717) is 0 Å². The van der Waals surface area contributed by atoms with Crippen LogP contribution in [0.2, 0.25) is 0 Å². The molecule has 0 spiro atoms. The maximum atomic E-state index is 9.80. The minimum atomic E-state index is -0.152. The Kier molecular flexibility index (Phi) is 3.43. The number of phenols is 2. The van der Waals surface area contributed by atoms with Crippen molar-refractivity contribution in [2.75, 3.05) is 0 Å². The monoisotopic (exact) mass is 340 g/mol. The summed E-state index contributed by atoms with van der Waals surface area (Å²) < 4.78 is 12.6. The maximum absolute atomic E-state index is 9.80. The molecule has 0 saturated carbocycles. The summed E-state index contributed by atoms with van der Waals surface area (Å²) in [5, 5.41) is 19.3. The fraction of sp³-hybridized carbons (Fsp3) is 0.429. The van der Waals surface area contributed by atoms with Crippen LogP contribution in [0.1, 0.15) is 54.2 Å². The highest BCUT2D eigenvalue weighted by Gasteiger charge is 2.36. The van der Waals surface area contributed by atoms with Gasteiger partial charge < -0.3 is 19.7 Å². The SMILES string of the molecule is Cc1c(C)c2c(c3c1OC(c1ccc(O)c(O)c1)C3)CCC(C)(C)O2. The molecule has 0 radical (unpaired) electrons. The van der Waals surface area contributed by atoms with Gasteiger partial charge in [0.05, 0.1) is 0 Å². The average Bonchev–Trinajstić information content (AvgIpc) is 3.00. The van der Waals surface area contributed by atoms with Crippen LogP contribution in [0.4, 0.5) is 0 Å². The highest BCUT2D eigenvalue weighted by atomic mass is 16.5. The number of hydrogen-bond donors (Lipinski definition) is 2. The molecule has 0 amide bonds. The van der Waals surface area contributed by atoms with Crippen LogP contribution in [0.15, 0.2) is 18.2 Å². The number of phenolic OH excluding ortho intramolecular Hbond substituents is 2. The van der Waals surface area contributed by atoms with E-state index in [-0.39, 0.29) is 23.2 Å². The Morgan fingerprint density at radius 1 is 1.00 bits per heavy atom. The third-order valence-corrected chi connectivity index (χ3v) is 5.53. The van der Waals surface area contributed by atoms with E-state index in [0.717, 1.165) is 47.5 Å². The second-order valence-electron chi connectivity index (χ2n) is 7.79. The lowest BCUT2D eigenvalue weighted by atomic mass is 9.86. The highest BCUT2D eigenvalue weighted by Crippen LogP contribution is 2.49. The maximum Gasteiger partial charge on any atom is 0.157 e. The molecule has 2 N–H and O–H groups in total. The van der Waals surface area contributed by atoms with Crippen LogP contribution in [0.5, 0.6) is 23.0 Å². The molecule has 2 aromatic carbocycles. The van der Waals surface area contributed by atoms with Crippen LogP contribution < -0.4 is 9.47 Å². The molecule has 0 saturated heterocycles. The number of rotatable bonds is 1. The standard InChI is InChI=1S/C21H24O4/c1-11-12(2)20-14(7-8-21(3,4)25-20)15-10-18(24-19(11)15)13-5-6-16(22)17(23)9-13/h5-6,9,18,22-23H,7-8,10H2,1-4H3. The molecule has 0 aromatic heterocycles. The fourth-order valence-corrected chi connectivity index (χ4v) is 3.89. The number of ether oxygens (including phenoxy) is 2. The summed E-state index contributed by atoms with van der Waals surface area (Å²) in [6, 6.07) is 4.90. The Labute approximate surface area is 148 Å². The van der Waals surface area contributed by atoms with Crippen molar-refractivity contribution in [2.45, 2.75) is 58.7 Å². The van der Waals surface area contributed by atoms with E-state index in [4.69, 9.17) is 9.47 Å². The van der Waals surface area contributed by atoms with Crippen LogP contribution in [-0.2, 0) is 12.8 Å². The summed E-state index contributed by atoms with van der Waals surface area (Å²) in [4.78, 5) is 0. The van der Waals surface area contributed by atoms with Gasteiger partial charge in [0.1, 0.15) is 23.2 Å². The molecule has 1 atom stereocenters. The molecule has 2 aliphatic heterocycles. The van der Waals surface area contributed by atoms with Crippen molar-refractivity contribution in [2.24, 2.45) is 0 Å². The van der Waals surface area contributed by atoms with Gasteiger partial charge in [-0.15, -0.1) is 0 Å². The molecule has 0 fully saturated rings. The van der Waals surface area contributed by atoms with E-state index in [1.807, 2.05) is 0 Å². The first kappa shape index (κ1) is 16.1. The highest BCUT2D eigenvalue weighted by molar-refractivity contribution is 5.61. The quantitative estimate of drug-likeness (QED) is 0.751. The third-order valence-electron chi connectivity index (χ3n) is 5.53. The predicted octanol–water partition coefficient (Wildman–Crippen LogP) is 4.49. The van der Waals surface area contributed by atoms with E-state index in [9.17, 15) is 10.2 Å². The molecule has 4 heteroatoms. The first-order valence-electron chi connectivity index (χ1n) is 8.79. The second-order valence-corrected chi connectivity index (χ2v) is 7.79. The van der Waals surface area contributed by atoms with E-state index < -0.39 is 0 Å². The van der Waals surface area contributed by atoms with E-state index in [2.05, 4.69) is 27.7 Å². The number of hydrogen-bond acceptors (Lipinski definition) is 4. The van der Waals surface area contributed by atoms with Gasteiger partial charge >= 0.3 is 0 Å². The summed E-state index contributed by atoms with van der Waals surface area (Å²) in [5.74, 6) is 1.75. The van der Waals surface area contributed by atoms with Crippen molar-refractivity contribution in [3.05, 3.63) is 46.0 Å². The molecule has 132 valence electrons. The summed E-state index contributed by atoms with van der Waals surface area (Å²) in [7, 11) is 0. The topological polar surface area (TPSA) is 58.9 Å². The van der Waals surface area contributed by atoms with Crippen LogP contribution in [0.25, 0.3) is 0 Å². The molecule has 4 rings (SSSR count). The predicted molar refractivity (Wildman–Crippen MR) is 95.8 cm³/mol. The van der Waals surface area contributed by atoms with Crippen molar-refractivity contribution in [1.29, 1.82) is 0 Å². The first-order chi connectivity index (χ1) is 11.8. The molecule has 4 nitrogen and oxygen atoms in total. The van der Waals surface area contributed by atoms with Gasteiger partial charge in [0.15, 0.2) is 11.5 Å². The van der Waals surface area contributed by atoms with Gasteiger partial charge in [-0.3, -0.25) is 0 Å². The molecule has 25 heavy (non-hydrogen) atoms.